The zero-order valence-electron chi connectivity index (χ0n) is 10.1. The molecule has 1 N–H and O–H groups in total. The summed E-state index contributed by atoms with van der Waals surface area (Å²) >= 11 is 0. The minimum atomic E-state index is -0.525. The van der Waals surface area contributed by atoms with Crippen molar-refractivity contribution < 1.29 is 4.39 Å². The van der Waals surface area contributed by atoms with E-state index in [0.29, 0.717) is 16.8 Å². The van der Waals surface area contributed by atoms with Crippen molar-refractivity contribution in [3.8, 4) is 6.07 Å². The summed E-state index contributed by atoms with van der Waals surface area (Å²) in [4.78, 5) is 11.3. The summed E-state index contributed by atoms with van der Waals surface area (Å²) < 4.78 is 13.4. The first-order chi connectivity index (χ1) is 9.13. The lowest BCUT2D eigenvalue weighted by atomic mass is 10.1. The Morgan fingerprint density at radius 1 is 1.37 bits per heavy atom. The monoisotopic (exact) mass is 255 g/mol. The van der Waals surface area contributed by atoms with Crippen molar-refractivity contribution in [3.63, 3.8) is 0 Å². The normalized spacial score (nSPS) is 10.6. The Bertz CT molecular complexity index is 741. The van der Waals surface area contributed by atoms with Crippen molar-refractivity contribution in [3.05, 3.63) is 62.8 Å². The van der Waals surface area contributed by atoms with Crippen LogP contribution in [-0.2, 0) is 0 Å². The molecule has 0 fully saturated rings. The number of nitrogens with one attached hydrogen (secondary N) is 1. The van der Waals surface area contributed by atoms with Crippen LogP contribution in [0, 0.1) is 24.1 Å². The van der Waals surface area contributed by atoms with Gasteiger partial charge in [0.1, 0.15) is 17.4 Å². The third-order valence-electron chi connectivity index (χ3n) is 2.70. The summed E-state index contributed by atoms with van der Waals surface area (Å²) in [6, 6.07) is 8.12. The Labute approximate surface area is 108 Å². The molecule has 0 bridgehead atoms. The highest BCUT2D eigenvalue weighted by atomic mass is 19.1. The van der Waals surface area contributed by atoms with Crippen LogP contribution in [-0.4, -0.2) is 10.2 Å². The van der Waals surface area contributed by atoms with Gasteiger partial charge in [0, 0.05) is 5.56 Å². The number of nitriles is 1. The maximum Gasteiger partial charge on any atom is 0.282 e. The molecule has 19 heavy (non-hydrogen) atoms. The number of hydrogen-bond acceptors (Lipinski definition) is 3. The SMILES string of the molecule is Cc1c(/C=C/c2ccccc2F)n[nH]c(=O)c1C#N. The molecular weight excluding hydrogens is 245 g/mol. The van der Waals surface area contributed by atoms with Crippen LogP contribution in [0.4, 0.5) is 4.39 Å². The van der Waals surface area contributed by atoms with E-state index in [0.717, 1.165) is 0 Å². The number of benzene rings is 1. The average Bonchev–Trinajstić information content (AvgIpc) is 2.40. The summed E-state index contributed by atoms with van der Waals surface area (Å²) in [6.45, 7) is 1.63. The van der Waals surface area contributed by atoms with Crippen molar-refractivity contribution in [2.24, 2.45) is 0 Å². The number of hydrogen-bond donors (Lipinski definition) is 1. The van der Waals surface area contributed by atoms with Gasteiger partial charge < -0.3 is 0 Å². The van der Waals surface area contributed by atoms with Gasteiger partial charge in [-0.1, -0.05) is 18.2 Å². The number of nitrogens with zero attached hydrogens (tertiary/aromatic N) is 2. The maximum absolute atomic E-state index is 13.4. The molecule has 0 radical (unpaired) electrons. The van der Waals surface area contributed by atoms with Crippen LogP contribution in [0.3, 0.4) is 0 Å². The fourth-order valence-corrected chi connectivity index (χ4v) is 1.62. The number of H-pyrrole nitrogens is 1. The molecule has 1 aromatic heterocycles. The minimum absolute atomic E-state index is 0.0168. The minimum Gasteiger partial charge on any atom is -0.267 e. The summed E-state index contributed by atoms with van der Waals surface area (Å²) in [5.41, 5.74) is 0.804. The Kier molecular flexibility index (Phi) is 3.53. The Morgan fingerprint density at radius 2 is 2.11 bits per heavy atom. The molecule has 94 valence electrons. The molecule has 0 aliphatic heterocycles. The number of aromatic nitrogens is 2. The molecule has 0 aliphatic carbocycles. The predicted octanol–water partition coefficient (Wildman–Crippen LogP) is 2.26. The zero-order valence-corrected chi connectivity index (χ0v) is 10.1. The van der Waals surface area contributed by atoms with Crippen LogP contribution in [0.15, 0.2) is 29.1 Å². The van der Waals surface area contributed by atoms with E-state index in [9.17, 15) is 9.18 Å². The van der Waals surface area contributed by atoms with Gasteiger partial charge in [0.25, 0.3) is 5.56 Å². The van der Waals surface area contributed by atoms with Crippen molar-refractivity contribution in [1.29, 1.82) is 5.26 Å². The lowest BCUT2D eigenvalue weighted by molar-refractivity contribution is 0.625. The summed E-state index contributed by atoms with van der Waals surface area (Å²) in [5, 5.41) is 14.9. The van der Waals surface area contributed by atoms with E-state index in [1.165, 1.54) is 6.07 Å². The van der Waals surface area contributed by atoms with Gasteiger partial charge in [0.2, 0.25) is 0 Å². The molecule has 0 amide bonds. The van der Waals surface area contributed by atoms with E-state index in [4.69, 9.17) is 5.26 Å². The van der Waals surface area contributed by atoms with Gasteiger partial charge in [-0.15, -0.1) is 0 Å². The first-order valence-electron chi connectivity index (χ1n) is 5.55. The molecule has 5 heteroatoms. The highest BCUT2D eigenvalue weighted by Crippen LogP contribution is 2.13. The van der Waals surface area contributed by atoms with Crippen LogP contribution in [0.25, 0.3) is 12.2 Å². The summed E-state index contributed by atoms with van der Waals surface area (Å²) in [5.74, 6) is -0.346. The van der Waals surface area contributed by atoms with Crippen molar-refractivity contribution in [2.75, 3.05) is 0 Å². The Morgan fingerprint density at radius 3 is 2.79 bits per heavy atom. The van der Waals surface area contributed by atoms with E-state index in [1.54, 1.807) is 37.3 Å². The lowest BCUT2D eigenvalue weighted by Gasteiger charge is -2.00. The fraction of sp³-hybridized carbons (Fsp3) is 0.0714. The van der Waals surface area contributed by atoms with Gasteiger partial charge in [-0.3, -0.25) is 4.79 Å². The van der Waals surface area contributed by atoms with E-state index in [1.807, 2.05) is 6.07 Å². The van der Waals surface area contributed by atoms with E-state index < -0.39 is 5.56 Å². The van der Waals surface area contributed by atoms with Crippen LogP contribution in [0.5, 0.6) is 0 Å². The highest BCUT2D eigenvalue weighted by Gasteiger charge is 2.07. The Hall–Kier alpha value is -2.74. The molecule has 1 aromatic carbocycles. The predicted molar refractivity (Wildman–Crippen MR) is 69.6 cm³/mol. The maximum atomic E-state index is 13.4. The number of halogens is 1. The molecule has 2 aromatic rings. The summed E-state index contributed by atoms with van der Waals surface area (Å²) in [6.07, 6.45) is 3.11. The van der Waals surface area contributed by atoms with Crippen molar-refractivity contribution in [1.82, 2.24) is 10.2 Å². The van der Waals surface area contributed by atoms with Gasteiger partial charge in [0.05, 0.1) is 5.69 Å². The van der Waals surface area contributed by atoms with Crippen LogP contribution >= 0.6 is 0 Å². The fourth-order valence-electron chi connectivity index (χ4n) is 1.62. The molecule has 4 nitrogen and oxygen atoms in total. The van der Waals surface area contributed by atoms with Gasteiger partial charge in [-0.05, 0) is 30.7 Å². The van der Waals surface area contributed by atoms with E-state index in [-0.39, 0.29) is 11.4 Å². The Balaban J connectivity index is 2.43. The van der Waals surface area contributed by atoms with Crippen LogP contribution in [0.2, 0.25) is 0 Å². The first-order valence-corrected chi connectivity index (χ1v) is 5.55. The smallest absolute Gasteiger partial charge is 0.267 e. The van der Waals surface area contributed by atoms with E-state index >= 15 is 0 Å². The quantitative estimate of drug-likeness (QED) is 0.894. The van der Waals surface area contributed by atoms with Crippen LogP contribution < -0.4 is 5.56 Å². The van der Waals surface area contributed by atoms with Gasteiger partial charge in [-0.25, -0.2) is 9.49 Å². The third-order valence-corrected chi connectivity index (χ3v) is 2.70. The van der Waals surface area contributed by atoms with E-state index in [2.05, 4.69) is 10.2 Å². The molecule has 0 atom stereocenters. The zero-order chi connectivity index (χ0) is 13.8. The molecule has 0 unspecified atom stereocenters. The second-order valence-corrected chi connectivity index (χ2v) is 3.90. The van der Waals surface area contributed by atoms with Gasteiger partial charge in [-0.2, -0.15) is 10.4 Å². The average molecular weight is 255 g/mol. The molecule has 0 saturated carbocycles. The van der Waals surface area contributed by atoms with Gasteiger partial charge in [0.15, 0.2) is 0 Å². The number of rotatable bonds is 2. The molecule has 0 aliphatic rings. The molecule has 0 spiro atoms. The highest BCUT2D eigenvalue weighted by molar-refractivity contribution is 5.70. The topological polar surface area (TPSA) is 69.5 Å². The first kappa shape index (κ1) is 12.7. The largest absolute Gasteiger partial charge is 0.282 e. The second kappa shape index (κ2) is 5.27. The van der Waals surface area contributed by atoms with Crippen LogP contribution in [0.1, 0.15) is 22.4 Å². The third kappa shape index (κ3) is 2.58. The number of aromatic amines is 1. The van der Waals surface area contributed by atoms with Crippen molar-refractivity contribution in [2.45, 2.75) is 6.92 Å². The second-order valence-electron chi connectivity index (χ2n) is 3.90. The summed E-state index contributed by atoms with van der Waals surface area (Å²) in [7, 11) is 0. The van der Waals surface area contributed by atoms with Crippen molar-refractivity contribution >= 4 is 12.2 Å². The molecular formula is C14H10FN3O. The standard InChI is InChI=1S/C14H10FN3O/c1-9-11(8-16)14(19)18-17-13(9)7-6-10-4-2-3-5-12(10)15/h2-7H,1H3,(H,18,19)/b7-6+. The molecule has 2 rings (SSSR count). The van der Waals surface area contributed by atoms with Gasteiger partial charge >= 0.3 is 0 Å². The lowest BCUT2D eigenvalue weighted by Crippen LogP contribution is -2.15. The molecule has 1 heterocycles. The molecule has 0 saturated heterocycles.